The third kappa shape index (κ3) is 3.30. The lowest BCUT2D eigenvalue weighted by molar-refractivity contribution is -0.125. The lowest BCUT2D eigenvalue weighted by Crippen LogP contribution is -2.69. The van der Waals surface area contributed by atoms with Crippen LogP contribution >= 0.6 is 24.0 Å². The minimum Gasteiger partial charge on any atom is -0.493 e. The lowest BCUT2D eigenvalue weighted by atomic mass is 9.54. The third-order valence-corrected chi connectivity index (χ3v) is 7.16. The second kappa shape index (κ2) is 8.38. The molecule has 0 amide bonds. The predicted molar refractivity (Wildman–Crippen MR) is 121 cm³/mol. The van der Waals surface area contributed by atoms with Gasteiger partial charge in [-0.05, 0) is 32.3 Å². The van der Waals surface area contributed by atoms with Gasteiger partial charge in [0.05, 0.1) is 18.8 Å². The number of para-hydroxylation sites is 1. The number of hydrogen-bond acceptors (Lipinski definition) is 3. The third-order valence-electron chi connectivity index (χ3n) is 7.16. The first kappa shape index (κ1) is 20.3. The highest BCUT2D eigenvalue weighted by Crippen LogP contribution is 2.60. The zero-order chi connectivity index (χ0) is 18.3. The van der Waals surface area contributed by atoms with E-state index in [4.69, 9.17) is 14.5 Å². The molecule has 1 aromatic rings. The Bertz CT molecular complexity index is 719. The molecule has 2 aliphatic carbocycles. The second-order valence-electron chi connectivity index (χ2n) is 8.50. The van der Waals surface area contributed by atoms with Gasteiger partial charge in [0.25, 0.3) is 0 Å². The molecule has 0 aromatic heterocycles. The molecule has 154 valence electrons. The normalized spacial score (nSPS) is 32.5. The topological polar surface area (TPSA) is 54.9 Å². The lowest BCUT2D eigenvalue weighted by Gasteiger charge is -2.57. The molecule has 2 aliphatic heterocycles. The molecule has 5 nitrogen and oxygen atoms in total. The van der Waals surface area contributed by atoms with Gasteiger partial charge in [0.15, 0.2) is 5.96 Å². The number of guanidine groups is 1. The van der Waals surface area contributed by atoms with Crippen LogP contribution in [-0.2, 0) is 4.74 Å². The number of ether oxygens (including phenoxy) is 2. The van der Waals surface area contributed by atoms with Gasteiger partial charge in [-0.15, -0.1) is 24.0 Å². The summed E-state index contributed by atoms with van der Waals surface area (Å²) in [4.78, 5) is 4.79. The summed E-state index contributed by atoms with van der Waals surface area (Å²) in [7, 11) is 0. The molecule has 1 saturated heterocycles. The molecular weight excluding hydrogens is 465 g/mol. The van der Waals surface area contributed by atoms with Gasteiger partial charge in [0, 0.05) is 42.5 Å². The van der Waals surface area contributed by atoms with Gasteiger partial charge in [-0.3, -0.25) is 4.99 Å². The number of aliphatic imine (C=N–C) groups is 1. The van der Waals surface area contributed by atoms with Gasteiger partial charge in [0.2, 0.25) is 0 Å². The van der Waals surface area contributed by atoms with Crippen molar-refractivity contribution in [1.82, 2.24) is 10.6 Å². The van der Waals surface area contributed by atoms with Gasteiger partial charge < -0.3 is 20.1 Å². The molecule has 2 saturated carbocycles. The average molecular weight is 497 g/mol. The summed E-state index contributed by atoms with van der Waals surface area (Å²) in [6.07, 6.45) is 7.90. The van der Waals surface area contributed by atoms with Crippen LogP contribution in [0.2, 0.25) is 0 Å². The molecule has 1 aromatic carbocycles. The van der Waals surface area contributed by atoms with E-state index in [1.807, 2.05) is 6.07 Å². The highest BCUT2D eigenvalue weighted by atomic mass is 127. The van der Waals surface area contributed by atoms with E-state index in [9.17, 15) is 0 Å². The van der Waals surface area contributed by atoms with E-state index in [1.54, 1.807) is 0 Å². The molecule has 3 fully saturated rings. The van der Waals surface area contributed by atoms with E-state index in [2.05, 4.69) is 35.8 Å². The number of benzene rings is 1. The first-order chi connectivity index (χ1) is 13.3. The number of hydrogen-bond donors (Lipinski definition) is 2. The van der Waals surface area contributed by atoms with Crippen LogP contribution in [0.5, 0.6) is 5.75 Å². The zero-order valence-electron chi connectivity index (χ0n) is 16.7. The standard InChI is InChI=1S/C22H31N3O2.HI/c1-2-23-21(24-17-10-14-26-18-8-4-3-7-15(17)18)25-19-16-9-13-27-20(16)22(19)11-5-6-12-22;/h3-4,7-8,16-17,19-20H,2,5-6,9-14H2,1H3,(H2,23,24,25);1H. The Hall–Kier alpha value is -1.02. The van der Waals surface area contributed by atoms with Gasteiger partial charge in [-0.25, -0.2) is 0 Å². The van der Waals surface area contributed by atoms with E-state index in [0.717, 1.165) is 37.9 Å². The summed E-state index contributed by atoms with van der Waals surface area (Å²) in [6, 6.07) is 9.11. The van der Waals surface area contributed by atoms with Crippen LogP contribution < -0.4 is 15.4 Å². The van der Waals surface area contributed by atoms with E-state index < -0.39 is 0 Å². The summed E-state index contributed by atoms with van der Waals surface area (Å²) in [5, 5.41) is 7.57. The van der Waals surface area contributed by atoms with Gasteiger partial charge >= 0.3 is 0 Å². The molecule has 2 heterocycles. The number of nitrogens with zero attached hydrogens (tertiary/aromatic N) is 1. The molecule has 28 heavy (non-hydrogen) atoms. The number of rotatable bonds is 3. The Balaban J connectivity index is 0.00000192. The molecule has 6 heteroatoms. The highest BCUT2D eigenvalue weighted by Gasteiger charge is 2.65. The molecule has 0 bridgehead atoms. The Morgan fingerprint density at radius 1 is 1.14 bits per heavy atom. The molecule has 0 radical (unpaired) electrons. The summed E-state index contributed by atoms with van der Waals surface area (Å²) < 4.78 is 12.0. The summed E-state index contributed by atoms with van der Waals surface area (Å²) in [6.45, 7) is 4.57. The summed E-state index contributed by atoms with van der Waals surface area (Å²) >= 11 is 0. The highest BCUT2D eigenvalue weighted by molar-refractivity contribution is 14.0. The maximum atomic E-state index is 6.14. The van der Waals surface area contributed by atoms with Crippen LogP contribution in [0.4, 0.5) is 0 Å². The summed E-state index contributed by atoms with van der Waals surface area (Å²) in [5.41, 5.74) is 1.57. The van der Waals surface area contributed by atoms with Gasteiger partial charge in [-0.2, -0.15) is 0 Å². The van der Waals surface area contributed by atoms with Crippen molar-refractivity contribution in [3.05, 3.63) is 29.8 Å². The van der Waals surface area contributed by atoms with Crippen LogP contribution in [0.15, 0.2) is 29.3 Å². The largest absolute Gasteiger partial charge is 0.493 e. The van der Waals surface area contributed by atoms with Crippen LogP contribution in [0.1, 0.15) is 57.1 Å². The van der Waals surface area contributed by atoms with Crippen LogP contribution in [0, 0.1) is 11.3 Å². The molecule has 2 N–H and O–H groups in total. The first-order valence-electron chi connectivity index (χ1n) is 10.7. The molecule has 4 aliphatic rings. The zero-order valence-corrected chi connectivity index (χ0v) is 19.0. The SMILES string of the molecule is CCN=C(NC1CCOc2ccccc21)NC1C2CCOC2C12CCCC2.I. The molecule has 4 atom stereocenters. The van der Waals surface area contributed by atoms with Crippen molar-refractivity contribution in [3.8, 4) is 5.75 Å². The monoisotopic (exact) mass is 497 g/mol. The molecule has 1 spiro atoms. The fourth-order valence-corrected chi connectivity index (χ4v) is 6.00. The van der Waals surface area contributed by atoms with Crippen molar-refractivity contribution in [2.24, 2.45) is 16.3 Å². The molecule has 5 rings (SSSR count). The van der Waals surface area contributed by atoms with Crippen molar-refractivity contribution in [2.75, 3.05) is 19.8 Å². The Morgan fingerprint density at radius 2 is 1.96 bits per heavy atom. The van der Waals surface area contributed by atoms with Crippen LogP contribution in [-0.4, -0.2) is 37.9 Å². The number of halogens is 1. The average Bonchev–Trinajstić information content (AvgIpc) is 3.35. The fourth-order valence-electron chi connectivity index (χ4n) is 6.00. The Morgan fingerprint density at radius 3 is 2.79 bits per heavy atom. The minimum atomic E-state index is 0. The van der Waals surface area contributed by atoms with Crippen LogP contribution in [0.3, 0.4) is 0 Å². The fraction of sp³-hybridized carbons (Fsp3) is 0.682. The quantitative estimate of drug-likeness (QED) is 0.376. The second-order valence-corrected chi connectivity index (χ2v) is 8.50. The molecular formula is C22H32IN3O2. The predicted octanol–water partition coefficient (Wildman–Crippen LogP) is 4.03. The van der Waals surface area contributed by atoms with E-state index >= 15 is 0 Å². The van der Waals surface area contributed by atoms with Crippen molar-refractivity contribution >= 4 is 29.9 Å². The van der Waals surface area contributed by atoms with E-state index in [-0.39, 0.29) is 30.0 Å². The maximum absolute atomic E-state index is 6.14. The Labute approximate surface area is 185 Å². The van der Waals surface area contributed by atoms with Crippen molar-refractivity contribution in [1.29, 1.82) is 0 Å². The Kier molecular flexibility index (Phi) is 6.06. The van der Waals surface area contributed by atoms with Crippen molar-refractivity contribution in [2.45, 2.75) is 63.6 Å². The smallest absolute Gasteiger partial charge is 0.191 e. The van der Waals surface area contributed by atoms with E-state index in [0.29, 0.717) is 23.5 Å². The first-order valence-corrected chi connectivity index (χ1v) is 10.7. The number of nitrogens with one attached hydrogen (secondary N) is 2. The van der Waals surface area contributed by atoms with Crippen LogP contribution in [0.25, 0.3) is 0 Å². The van der Waals surface area contributed by atoms with Gasteiger partial charge in [0.1, 0.15) is 5.75 Å². The van der Waals surface area contributed by atoms with E-state index in [1.165, 1.54) is 37.7 Å². The van der Waals surface area contributed by atoms with Gasteiger partial charge in [-0.1, -0.05) is 31.0 Å². The van der Waals surface area contributed by atoms with Crippen molar-refractivity contribution in [3.63, 3.8) is 0 Å². The molecule has 4 unspecified atom stereocenters. The summed E-state index contributed by atoms with van der Waals surface area (Å²) in [5.74, 6) is 2.60. The minimum absolute atomic E-state index is 0. The van der Waals surface area contributed by atoms with Crippen molar-refractivity contribution < 1.29 is 9.47 Å². The number of fused-ring (bicyclic) bond motifs is 3. The maximum Gasteiger partial charge on any atom is 0.191 e.